The van der Waals surface area contributed by atoms with Crippen LogP contribution in [0.1, 0.15) is 97.8 Å². The van der Waals surface area contributed by atoms with Crippen LogP contribution in [0.2, 0.25) is 0 Å². The molecule has 6 nitrogen and oxygen atoms in total. The molecule has 2 heterocycles. The normalized spacial score (nSPS) is 24.0. The summed E-state index contributed by atoms with van der Waals surface area (Å²) in [6.45, 7) is 7.00. The minimum Gasteiger partial charge on any atom is -0.461 e. The summed E-state index contributed by atoms with van der Waals surface area (Å²) in [7, 11) is -3.70. The standard InChI is InChI=1S/C23H41O6P/c1-4-5-6-7-8-9-10-11-12-13-14-15-27-30(25)28-18-20-17-26-23(24)22(20)21(29-30)16-19(2)3/h19-20H,4-18H2,1-3H3. The van der Waals surface area contributed by atoms with Gasteiger partial charge in [0.15, 0.2) is 0 Å². The highest BCUT2D eigenvalue weighted by molar-refractivity contribution is 7.48. The Kier molecular flexibility index (Phi) is 11.5. The zero-order valence-corrected chi connectivity index (χ0v) is 20.1. The molecular formula is C23H41O6P. The number of ether oxygens (including phenoxy) is 1. The van der Waals surface area contributed by atoms with E-state index in [1.165, 1.54) is 57.8 Å². The quantitative estimate of drug-likeness (QED) is 0.155. The SMILES string of the molecule is CCCCCCCCCCCCCOP1(=O)OCC2COC(=O)C2=C(CC(C)C)O1. The van der Waals surface area contributed by atoms with E-state index in [1.807, 2.05) is 13.8 Å². The Morgan fingerprint density at radius 2 is 1.57 bits per heavy atom. The smallest absolute Gasteiger partial charge is 0.461 e. The number of hydrogen-bond donors (Lipinski definition) is 0. The first-order chi connectivity index (χ1) is 14.4. The fraction of sp³-hybridized carbons (Fsp3) is 0.870. The van der Waals surface area contributed by atoms with Crippen molar-refractivity contribution in [1.29, 1.82) is 0 Å². The van der Waals surface area contributed by atoms with Gasteiger partial charge in [-0.15, -0.1) is 0 Å². The maximum atomic E-state index is 13.0. The van der Waals surface area contributed by atoms with Gasteiger partial charge in [-0.05, 0) is 12.3 Å². The van der Waals surface area contributed by atoms with E-state index in [0.29, 0.717) is 24.4 Å². The first-order valence-corrected chi connectivity index (χ1v) is 13.4. The molecule has 0 aromatic rings. The molecule has 174 valence electrons. The van der Waals surface area contributed by atoms with Crippen molar-refractivity contribution in [3.63, 3.8) is 0 Å². The van der Waals surface area contributed by atoms with Crippen LogP contribution in [0.5, 0.6) is 0 Å². The molecule has 0 amide bonds. The van der Waals surface area contributed by atoms with Crippen molar-refractivity contribution < 1.29 is 27.7 Å². The molecule has 2 unspecified atom stereocenters. The first kappa shape index (κ1) is 25.4. The van der Waals surface area contributed by atoms with Crippen molar-refractivity contribution in [1.82, 2.24) is 0 Å². The number of unbranched alkanes of at least 4 members (excludes halogenated alkanes) is 10. The minimum atomic E-state index is -3.70. The summed E-state index contributed by atoms with van der Waals surface area (Å²) in [6.07, 6.45) is 14.2. The number of hydrogen-bond acceptors (Lipinski definition) is 6. The number of phosphoric acid groups is 1. The van der Waals surface area contributed by atoms with E-state index in [9.17, 15) is 9.36 Å². The van der Waals surface area contributed by atoms with Crippen molar-refractivity contribution in [3.8, 4) is 0 Å². The molecule has 0 aliphatic carbocycles. The predicted octanol–water partition coefficient (Wildman–Crippen LogP) is 6.94. The summed E-state index contributed by atoms with van der Waals surface area (Å²) in [6, 6.07) is 0. The zero-order chi connectivity index (χ0) is 21.8. The second-order valence-electron chi connectivity index (χ2n) is 8.93. The fourth-order valence-electron chi connectivity index (χ4n) is 3.89. The van der Waals surface area contributed by atoms with Gasteiger partial charge in [0, 0.05) is 6.42 Å². The molecule has 7 heteroatoms. The molecule has 0 radical (unpaired) electrons. The van der Waals surface area contributed by atoms with Gasteiger partial charge >= 0.3 is 13.8 Å². The number of allylic oxidation sites excluding steroid dienone is 1. The summed E-state index contributed by atoms with van der Waals surface area (Å²) >= 11 is 0. The van der Waals surface area contributed by atoms with Gasteiger partial charge < -0.3 is 9.26 Å². The second kappa shape index (κ2) is 13.5. The lowest BCUT2D eigenvalue weighted by atomic mass is 9.98. The number of carbonyl (C=O) groups is 1. The Balaban J connectivity index is 1.66. The van der Waals surface area contributed by atoms with E-state index >= 15 is 0 Å². The van der Waals surface area contributed by atoms with Crippen LogP contribution in [0.4, 0.5) is 0 Å². The van der Waals surface area contributed by atoms with Crippen LogP contribution < -0.4 is 0 Å². The number of rotatable bonds is 15. The second-order valence-corrected chi connectivity index (χ2v) is 10.5. The van der Waals surface area contributed by atoms with Gasteiger partial charge in [-0.25, -0.2) is 9.36 Å². The molecule has 0 aromatic heterocycles. The van der Waals surface area contributed by atoms with Gasteiger partial charge in [-0.3, -0.25) is 9.05 Å². The van der Waals surface area contributed by atoms with E-state index < -0.39 is 13.8 Å². The number of carbonyl (C=O) groups excluding carboxylic acids is 1. The van der Waals surface area contributed by atoms with Gasteiger partial charge in [0.05, 0.1) is 24.7 Å². The van der Waals surface area contributed by atoms with Crippen LogP contribution in [-0.4, -0.2) is 25.8 Å². The largest absolute Gasteiger partial charge is 0.529 e. The Hall–Kier alpha value is -0.840. The molecule has 0 N–H and O–H groups in total. The van der Waals surface area contributed by atoms with E-state index in [2.05, 4.69) is 6.92 Å². The van der Waals surface area contributed by atoms with Gasteiger partial charge in [-0.2, -0.15) is 0 Å². The average molecular weight is 445 g/mol. The maximum Gasteiger partial charge on any atom is 0.529 e. The molecule has 0 aromatic carbocycles. The van der Waals surface area contributed by atoms with Crippen LogP contribution >= 0.6 is 7.82 Å². The lowest BCUT2D eigenvalue weighted by Gasteiger charge is -2.19. The third kappa shape index (κ3) is 8.72. The van der Waals surface area contributed by atoms with Crippen LogP contribution in [0.15, 0.2) is 11.3 Å². The highest BCUT2D eigenvalue weighted by atomic mass is 31.2. The number of fused-ring (bicyclic) bond motifs is 1. The van der Waals surface area contributed by atoms with Crippen LogP contribution in [0.3, 0.4) is 0 Å². The van der Waals surface area contributed by atoms with E-state index in [0.717, 1.165) is 12.8 Å². The number of phosphoric ester groups is 1. The Morgan fingerprint density at radius 1 is 0.967 bits per heavy atom. The topological polar surface area (TPSA) is 71.1 Å². The molecule has 2 rings (SSSR count). The highest BCUT2D eigenvalue weighted by Gasteiger charge is 2.43. The van der Waals surface area contributed by atoms with E-state index in [-0.39, 0.29) is 25.0 Å². The minimum absolute atomic E-state index is 0.123. The van der Waals surface area contributed by atoms with E-state index in [1.54, 1.807) is 0 Å². The van der Waals surface area contributed by atoms with Crippen molar-refractivity contribution >= 4 is 13.8 Å². The summed E-state index contributed by atoms with van der Waals surface area (Å²) in [5.41, 5.74) is 0.472. The van der Waals surface area contributed by atoms with Crippen LogP contribution in [0, 0.1) is 11.8 Å². The van der Waals surface area contributed by atoms with Gasteiger partial charge in [0.25, 0.3) is 0 Å². The van der Waals surface area contributed by atoms with Crippen LogP contribution in [0.25, 0.3) is 0 Å². The molecule has 0 spiro atoms. The lowest BCUT2D eigenvalue weighted by molar-refractivity contribution is -0.135. The van der Waals surface area contributed by atoms with Gasteiger partial charge in [0.1, 0.15) is 12.4 Å². The van der Waals surface area contributed by atoms with Crippen molar-refractivity contribution in [2.75, 3.05) is 19.8 Å². The monoisotopic (exact) mass is 444 g/mol. The molecule has 30 heavy (non-hydrogen) atoms. The maximum absolute atomic E-state index is 13.0. The Bertz CT molecular complexity index is 601. The van der Waals surface area contributed by atoms with Crippen molar-refractivity contribution in [2.45, 2.75) is 97.8 Å². The lowest BCUT2D eigenvalue weighted by Crippen LogP contribution is -2.11. The molecule has 2 aliphatic heterocycles. The predicted molar refractivity (Wildman–Crippen MR) is 118 cm³/mol. The summed E-state index contributed by atoms with van der Waals surface area (Å²) in [5.74, 6) is 0.0442. The Labute approximate surface area is 182 Å². The van der Waals surface area contributed by atoms with Gasteiger partial charge in [0.2, 0.25) is 0 Å². The number of esters is 1. The molecule has 1 saturated heterocycles. The molecule has 1 fully saturated rings. The average Bonchev–Trinajstić information content (AvgIpc) is 3.00. The molecule has 0 bridgehead atoms. The summed E-state index contributed by atoms with van der Waals surface area (Å²) in [4.78, 5) is 12.1. The molecule has 2 atom stereocenters. The zero-order valence-electron chi connectivity index (χ0n) is 19.2. The molecular weight excluding hydrogens is 403 g/mol. The first-order valence-electron chi connectivity index (χ1n) is 11.9. The van der Waals surface area contributed by atoms with Crippen molar-refractivity contribution in [2.24, 2.45) is 11.8 Å². The molecule has 0 saturated carbocycles. The molecule has 2 aliphatic rings. The Morgan fingerprint density at radius 3 is 2.17 bits per heavy atom. The van der Waals surface area contributed by atoms with E-state index in [4.69, 9.17) is 18.3 Å². The number of cyclic esters (lactones) is 1. The van der Waals surface area contributed by atoms with Crippen molar-refractivity contribution in [3.05, 3.63) is 11.3 Å². The fourth-order valence-corrected chi connectivity index (χ4v) is 5.23. The van der Waals surface area contributed by atoms with Gasteiger partial charge in [-0.1, -0.05) is 85.0 Å². The third-order valence-electron chi connectivity index (χ3n) is 5.59. The highest BCUT2D eigenvalue weighted by Crippen LogP contribution is 2.55. The van der Waals surface area contributed by atoms with Crippen LogP contribution in [-0.2, 0) is 27.7 Å². The summed E-state index contributed by atoms with van der Waals surface area (Å²) < 4.78 is 34.9. The third-order valence-corrected chi connectivity index (χ3v) is 7.00. The summed E-state index contributed by atoms with van der Waals surface area (Å²) in [5, 5.41) is 0.